The summed E-state index contributed by atoms with van der Waals surface area (Å²) in [5.41, 5.74) is -4.25. The van der Waals surface area contributed by atoms with Crippen LogP contribution in [0.25, 0.3) is 17.2 Å². The first kappa shape index (κ1) is 22.9. The number of benzene rings is 2. The molecule has 31 heavy (non-hydrogen) atoms. The number of phenolic OH excluding ortho intramolecular Hbond substituents is 1. The number of amides is 1. The average molecular weight is 479 g/mol. The quantitative estimate of drug-likeness (QED) is 0.341. The van der Waals surface area contributed by atoms with Crippen LogP contribution in [0.5, 0.6) is 11.5 Å². The van der Waals surface area contributed by atoms with Crippen LogP contribution >= 0.6 is 24.0 Å². The predicted molar refractivity (Wildman–Crippen MR) is 106 cm³/mol. The Balaban J connectivity index is 2.25. The first-order chi connectivity index (χ1) is 14.3. The van der Waals surface area contributed by atoms with Gasteiger partial charge in [-0.05, 0) is 35.9 Å². The summed E-state index contributed by atoms with van der Waals surface area (Å²) < 4.78 is 84.8. The summed E-state index contributed by atoms with van der Waals surface area (Å²) in [7, 11) is 1.22. The summed E-state index contributed by atoms with van der Waals surface area (Å²) in [5.74, 6) is -1.23. The lowest BCUT2D eigenvalue weighted by Gasteiger charge is -2.18. The number of hydrogen-bond donors (Lipinski definition) is 2. The predicted octanol–water partition coefficient (Wildman–Crippen LogP) is 5.59. The van der Waals surface area contributed by atoms with Crippen molar-refractivity contribution in [2.24, 2.45) is 0 Å². The van der Waals surface area contributed by atoms with Gasteiger partial charge in [0.2, 0.25) is 0 Å². The Bertz CT molecular complexity index is 1110. The summed E-state index contributed by atoms with van der Waals surface area (Å²) in [6, 6.07) is 3.41. The summed E-state index contributed by atoms with van der Waals surface area (Å²) in [5, 5.41) is 13.0. The molecule has 0 atom stereocenters. The zero-order valence-electron chi connectivity index (χ0n) is 15.3. The van der Waals surface area contributed by atoms with Crippen molar-refractivity contribution < 1.29 is 41.0 Å². The smallest absolute Gasteiger partial charge is 0.417 e. The minimum absolute atomic E-state index is 0.0126. The summed E-state index contributed by atoms with van der Waals surface area (Å²) in [6.07, 6.45) is -8.94. The monoisotopic (exact) mass is 479 g/mol. The van der Waals surface area contributed by atoms with E-state index in [2.05, 4.69) is 5.32 Å². The molecule has 2 N–H and O–H groups in total. The molecule has 1 aliphatic rings. The van der Waals surface area contributed by atoms with E-state index in [-0.39, 0.29) is 26.6 Å². The number of halogens is 6. The van der Waals surface area contributed by atoms with E-state index in [4.69, 9.17) is 17.0 Å². The molecule has 2 aromatic rings. The van der Waals surface area contributed by atoms with Crippen LogP contribution in [0.1, 0.15) is 16.7 Å². The second kappa shape index (κ2) is 8.08. The molecule has 0 aliphatic carbocycles. The molecule has 2 aromatic carbocycles. The van der Waals surface area contributed by atoms with Crippen LogP contribution in [0, 0.1) is 0 Å². The molecule has 1 saturated heterocycles. The number of alkyl halides is 6. The fourth-order valence-electron chi connectivity index (χ4n) is 2.81. The number of ether oxygens (including phenoxy) is 1. The third-order valence-electron chi connectivity index (χ3n) is 4.22. The standard InChI is InChI=1S/C19H11F6NO3S2/c1-29-10-4-8(5-14-16(28)26-17(30)31-14)15(27)12(7-10)11-3-2-9(18(20,21)22)6-13(11)19(23,24)25/h2-7,27H,1H3,(H,26,28,30)/b14-5-. The second-order valence-corrected chi connectivity index (χ2v) is 7.94. The van der Waals surface area contributed by atoms with Crippen LogP contribution in [-0.2, 0) is 17.1 Å². The summed E-state index contributed by atoms with van der Waals surface area (Å²) >= 11 is 5.74. The van der Waals surface area contributed by atoms with E-state index in [1.54, 1.807) is 0 Å². The highest BCUT2D eigenvalue weighted by Crippen LogP contribution is 2.45. The van der Waals surface area contributed by atoms with Crippen molar-refractivity contribution in [2.45, 2.75) is 12.4 Å². The minimum atomic E-state index is -5.14. The molecule has 3 rings (SSSR count). The third-order valence-corrected chi connectivity index (χ3v) is 5.38. The molecule has 1 amide bonds. The van der Waals surface area contributed by atoms with Crippen molar-refractivity contribution in [3.63, 3.8) is 0 Å². The molecule has 0 spiro atoms. The van der Waals surface area contributed by atoms with Gasteiger partial charge in [-0.15, -0.1) is 0 Å². The molecular weight excluding hydrogens is 468 g/mol. The topological polar surface area (TPSA) is 58.6 Å². The number of thioether (sulfide) groups is 1. The molecule has 0 radical (unpaired) electrons. The van der Waals surface area contributed by atoms with Gasteiger partial charge in [0.25, 0.3) is 5.91 Å². The molecular formula is C19H11F6NO3S2. The largest absolute Gasteiger partial charge is 0.507 e. The Kier molecular flexibility index (Phi) is 5.98. The third kappa shape index (κ3) is 4.79. The van der Waals surface area contributed by atoms with Gasteiger partial charge in [0, 0.05) is 11.1 Å². The number of carbonyl (C=O) groups is 1. The van der Waals surface area contributed by atoms with Crippen LogP contribution in [0.4, 0.5) is 26.3 Å². The first-order valence-electron chi connectivity index (χ1n) is 8.26. The molecule has 0 unspecified atom stereocenters. The first-order valence-corrected chi connectivity index (χ1v) is 9.48. The van der Waals surface area contributed by atoms with Gasteiger partial charge in [-0.1, -0.05) is 30.0 Å². The van der Waals surface area contributed by atoms with E-state index in [0.29, 0.717) is 12.1 Å². The van der Waals surface area contributed by atoms with Crippen molar-refractivity contribution in [2.75, 3.05) is 7.11 Å². The average Bonchev–Trinajstić information content (AvgIpc) is 2.98. The summed E-state index contributed by atoms with van der Waals surface area (Å²) in [4.78, 5) is 11.9. The van der Waals surface area contributed by atoms with Crippen molar-refractivity contribution in [1.82, 2.24) is 5.32 Å². The van der Waals surface area contributed by atoms with E-state index in [1.807, 2.05) is 0 Å². The highest BCUT2D eigenvalue weighted by atomic mass is 32.2. The lowest BCUT2D eigenvalue weighted by molar-refractivity contribution is -0.142. The maximum absolute atomic E-state index is 13.6. The minimum Gasteiger partial charge on any atom is -0.507 e. The Morgan fingerprint density at radius 3 is 2.26 bits per heavy atom. The van der Waals surface area contributed by atoms with Gasteiger partial charge in [0.05, 0.1) is 23.1 Å². The molecule has 0 aromatic heterocycles. The SMILES string of the molecule is COc1cc(/C=C2\SC(=S)NC2=O)c(O)c(-c2ccc(C(F)(F)F)cc2C(F)(F)F)c1. The number of rotatable bonds is 3. The number of hydrogen-bond acceptors (Lipinski definition) is 5. The number of nitrogens with one attached hydrogen (secondary N) is 1. The zero-order chi connectivity index (χ0) is 23.1. The van der Waals surface area contributed by atoms with E-state index in [1.165, 1.54) is 19.3 Å². The lowest BCUT2D eigenvalue weighted by Crippen LogP contribution is -2.17. The van der Waals surface area contributed by atoms with Crippen molar-refractivity contribution in [1.29, 1.82) is 0 Å². The van der Waals surface area contributed by atoms with E-state index >= 15 is 0 Å². The number of thiocarbonyl (C=S) groups is 1. The molecule has 0 saturated carbocycles. The normalized spacial score (nSPS) is 16.0. The Labute approximate surface area is 180 Å². The van der Waals surface area contributed by atoms with E-state index in [9.17, 15) is 36.2 Å². The number of carbonyl (C=O) groups excluding carboxylic acids is 1. The van der Waals surface area contributed by atoms with Crippen molar-refractivity contribution >= 4 is 40.3 Å². The van der Waals surface area contributed by atoms with Gasteiger partial charge < -0.3 is 15.2 Å². The fraction of sp³-hybridized carbons (Fsp3) is 0.158. The highest BCUT2D eigenvalue weighted by molar-refractivity contribution is 8.26. The maximum Gasteiger partial charge on any atom is 0.417 e. The summed E-state index contributed by atoms with van der Waals surface area (Å²) in [6.45, 7) is 0. The molecule has 4 nitrogen and oxygen atoms in total. The highest BCUT2D eigenvalue weighted by Gasteiger charge is 2.39. The van der Waals surface area contributed by atoms with Gasteiger partial charge in [-0.25, -0.2) is 0 Å². The van der Waals surface area contributed by atoms with Gasteiger partial charge in [-0.3, -0.25) is 4.79 Å². The number of phenols is 1. The molecule has 0 bridgehead atoms. The molecule has 164 valence electrons. The second-order valence-electron chi connectivity index (χ2n) is 6.22. The van der Waals surface area contributed by atoms with Gasteiger partial charge >= 0.3 is 12.4 Å². The van der Waals surface area contributed by atoms with Crippen LogP contribution in [-0.4, -0.2) is 22.4 Å². The number of methoxy groups -OCH3 is 1. The Morgan fingerprint density at radius 2 is 1.74 bits per heavy atom. The zero-order valence-corrected chi connectivity index (χ0v) is 16.9. The van der Waals surface area contributed by atoms with Crippen LogP contribution in [0.3, 0.4) is 0 Å². The van der Waals surface area contributed by atoms with Gasteiger partial charge in [0.15, 0.2) is 0 Å². The van der Waals surface area contributed by atoms with E-state index < -0.39 is 46.3 Å². The van der Waals surface area contributed by atoms with Crippen LogP contribution < -0.4 is 10.1 Å². The molecule has 12 heteroatoms. The Morgan fingerprint density at radius 1 is 1.06 bits per heavy atom. The van der Waals surface area contributed by atoms with Crippen LogP contribution in [0.15, 0.2) is 35.2 Å². The van der Waals surface area contributed by atoms with Crippen LogP contribution in [0.2, 0.25) is 0 Å². The number of aromatic hydroxyl groups is 1. The molecule has 1 heterocycles. The van der Waals surface area contributed by atoms with Gasteiger partial charge in [-0.2, -0.15) is 26.3 Å². The molecule has 1 aliphatic heterocycles. The maximum atomic E-state index is 13.6. The lowest BCUT2D eigenvalue weighted by atomic mass is 9.94. The van der Waals surface area contributed by atoms with Gasteiger partial charge in [0.1, 0.15) is 15.8 Å². The fourth-order valence-corrected chi connectivity index (χ4v) is 3.85. The van der Waals surface area contributed by atoms with E-state index in [0.717, 1.165) is 17.8 Å². The Hall–Kier alpha value is -2.73. The molecule has 1 fully saturated rings. The van der Waals surface area contributed by atoms with Crippen molar-refractivity contribution in [3.8, 4) is 22.6 Å². The van der Waals surface area contributed by atoms with Crippen molar-refractivity contribution in [3.05, 3.63) is 51.9 Å².